The number of amides is 1. The van der Waals surface area contributed by atoms with Gasteiger partial charge in [0.05, 0.1) is 18.2 Å². The summed E-state index contributed by atoms with van der Waals surface area (Å²) in [5.74, 6) is 0.0948. The summed E-state index contributed by atoms with van der Waals surface area (Å²) in [7, 11) is 0. The van der Waals surface area contributed by atoms with E-state index in [-0.39, 0.29) is 23.5 Å². The summed E-state index contributed by atoms with van der Waals surface area (Å²) >= 11 is 5.75. The van der Waals surface area contributed by atoms with Crippen molar-refractivity contribution in [2.75, 3.05) is 6.54 Å². The van der Waals surface area contributed by atoms with Gasteiger partial charge in [0, 0.05) is 16.8 Å². The number of Topliss-reactive ketones (excluding diaryl/α,β-unsaturated/α-hetero) is 1. The second kappa shape index (κ2) is 6.25. The molecular weight excluding hydrogens is 292 g/mol. The van der Waals surface area contributed by atoms with Gasteiger partial charge in [-0.1, -0.05) is 11.6 Å². The van der Waals surface area contributed by atoms with Crippen LogP contribution in [0.5, 0.6) is 5.75 Å². The Labute approximate surface area is 126 Å². The van der Waals surface area contributed by atoms with Crippen LogP contribution in [0.25, 0.3) is 0 Å². The highest BCUT2D eigenvalue weighted by Crippen LogP contribution is 2.19. The Balaban J connectivity index is 2.11. The van der Waals surface area contributed by atoms with E-state index in [1.807, 2.05) is 6.07 Å². The molecule has 0 aliphatic carbocycles. The minimum absolute atomic E-state index is 0.0150. The van der Waals surface area contributed by atoms with Crippen LogP contribution in [0, 0.1) is 11.3 Å². The van der Waals surface area contributed by atoms with E-state index in [0.717, 1.165) is 0 Å². The lowest BCUT2D eigenvalue weighted by atomic mass is 10.0. The number of rotatable bonds is 2. The quantitative estimate of drug-likeness (QED) is 0.841. The summed E-state index contributed by atoms with van der Waals surface area (Å²) in [5.41, 5.74) is 0.547. The highest BCUT2D eigenvalue weighted by Gasteiger charge is 2.22. The van der Waals surface area contributed by atoms with E-state index in [9.17, 15) is 9.59 Å². The first-order valence-corrected chi connectivity index (χ1v) is 6.45. The van der Waals surface area contributed by atoms with Crippen molar-refractivity contribution in [3.8, 4) is 11.8 Å². The van der Waals surface area contributed by atoms with E-state index >= 15 is 0 Å². The molecule has 1 aromatic carbocycles. The van der Waals surface area contributed by atoms with Gasteiger partial charge in [-0.3, -0.25) is 9.69 Å². The maximum absolute atomic E-state index is 12.0. The van der Waals surface area contributed by atoms with Crippen molar-refractivity contribution >= 4 is 23.5 Å². The van der Waals surface area contributed by atoms with Gasteiger partial charge < -0.3 is 4.74 Å². The van der Waals surface area contributed by atoms with Gasteiger partial charge >= 0.3 is 6.09 Å². The van der Waals surface area contributed by atoms with Gasteiger partial charge in [-0.25, -0.2) is 4.79 Å². The van der Waals surface area contributed by atoms with Gasteiger partial charge in [0.15, 0.2) is 5.78 Å². The number of nitriles is 1. The summed E-state index contributed by atoms with van der Waals surface area (Å²) in [5, 5.41) is 9.47. The Morgan fingerprint density at radius 3 is 2.57 bits per heavy atom. The zero-order valence-corrected chi connectivity index (χ0v) is 11.9. The lowest BCUT2D eigenvalue weighted by Gasteiger charge is -2.22. The second-order valence-corrected chi connectivity index (χ2v) is 4.76. The van der Waals surface area contributed by atoms with Crippen LogP contribution in [-0.4, -0.2) is 23.3 Å². The molecule has 2 rings (SSSR count). The fourth-order valence-corrected chi connectivity index (χ4v) is 1.89. The number of allylic oxidation sites excluding steroid dienone is 2. The van der Waals surface area contributed by atoms with Crippen molar-refractivity contribution in [3.63, 3.8) is 0 Å². The summed E-state index contributed by atoms with van der Waals surface area (Å²) in [6.45, 7) is 1.37. The summed E-state index contributed by atoms with van der Waals surface area (Å²) in [4.78, 5) is 24.7. The van der Waals surface area contributed by atoms with Gasteiger partial charge in [-0.2, -0.15) is 5.26 Å². The number of carbonyl (C=O) groups is 2. The maximum Gasteiger partial charge on any atom is 0.419 e. The van der Waals surface area contributed by atoms with E-state index in [2.05, 4.69) is 0 Å². The smallest absolute Gasteiger partial charge is 0.410 e. The number of halogens is 1. The van der Waals surface area contributed by atoms with Crippen LogP contribution < -0.4 is 4.74 Å². The molecule has 0 radical (unpaired) electrons. The average Bonchev–Trinajstić information content (AvgIpc) is 2.48. The van der Waals surface area contributed by atoms with Gasteiger partial charge in [-0.05, 0) is 37.3 Å². The number of hydrogen-bond acceptors (Lipinski definition) is 4. The molecule has 6 heteroatoms. The normalized spacial score (nSPS) is 13.9. The van der Waals surface area contributed by atoms with E-state index < -0.39 is 6.09 Å². The van der Waals surface area contributed by atoms with E-state index in [1.165, 1.54) is 24.1 Å². The molecule has 0 atom stereocenters. The predicted octanol–water partition coefficient (Wildman–Crippen LogP) is 3.08. The largest absolute Gasteiger partial charge is 0.419 e. The third-order valence-electron chi connectivity index (χ3n) is 2.87. The molecule has 0 bridgehead atoms. The number of nitrogens with zero attached hydrogens (tertiary/aromatic N) is 2. The van der Waals surface area contributed by atoms with Crippen LogP contribution in [0.4, 0.5) is 4.79 Å². The number of benzene rings is 1. The first-order valence-electron chi connectivity index (χ1n) is 6.07. The van der Waals surface area contributed by atoms with Crippen molar-refractivity contribution in [2.24, 2.45) is 0 Å². The number of ether oxygens (including phenoxy) is 1. The molecule has 0 unspecified atom stereocenters. The first-order chi connectivity index (χ1) is 10.0. The standard InChI is InChI=1S/C15H11ClN2O3/c1-10(19)14-9-18(7-6-11(14)8-17)15(20)21-13-4-2-12(16)3-5-13/h2-7H,9H2,1H3. The molecule has 0 N–H and O–H groups in total. The Kier molecular flexibility index (Phi) is 4.41. The van der Waals surface area contributed by atoms with E-state index in [1.54, 1.807) is 24.3 Å². The Hall–Kier alpha value is -2.58. The molecule has 1 heterocycles. The molecule has 0 saturated heterocycles. The van der Waals surface area contributed by atoms with Crippen LogP contribution >= 0.6 is 11.6 Å². The summed E-state index contributed by atoms with van der Waals surface area (Å²) in [6.07, 6.45) is 2.20. The zero-order valence-electron chi connectivity index (χ0n) is 11.2. The minimum Gasteiger partial charge on any atom is -0.410 e. The first kappa shape index (κ1) is 14.8. The molecule has 1 aliphatic rings. The lowest BCUT2D eigenvalue weighted by Crippen LogP contribution is -2.34. The van der Waals surface area contributed by atoms with Crippen molar-refractivity contribution in [1.82, 2.24) is 4.90 Å². The molecule has 1 amide bonds. The van der Waals surface area contributed by atoms with Crippen LogP contribution in [-0.2, 0) is 4.79 Å². The highest BCUT2D eigenvalue weighted by molar-refractivity contribution is 6.30. The Morgan fingerprint density at radius 2 is 2.00 bits per heavy atom. The highest BCUT2D eigenvalue weighted by atomic mass is 35.5. The van der Waals surface area contributed by atoms with Crippen LogP contribution in [0.2, 0.25) is 5.02 Å². The topological polar surface area (TPSA) is 70.4 Å². The van der Waals surface area contributed by atoms with Crippen LogP contribution in [0.3, 0.4) is 0 Å². The van der Waals surface area contributed by atoms with Gasteiger partial charge in [0.2, 0.25) is 0 Å². The molecule has 0 saturated carbocycles. The van der Waals surface area contributed by atoms with Gasteiger partial charge in [0.25, 0.3) is 0 Å². The molecule has 1 aromatic rings. The van der Waals surface area contributed by atoms with Crippen LogP contribution in [0.1, 0.15) is 6.92 Å². The average molecular weight is 303 g/mol. The number of carbonyl (C=O) groups excluding carboxylic acids is 2. The second-order valence-electron chi connectivity index (χ2n) is 4.33. The molecule has 21 heavy (non-hydrogen) atoms. The number of ketones is 1. The minimum atomic E-state index is -0.635. The molecule has 106 valence electrons. The fraction of sp³-hybridized carbons (Fsp3) is 0.133. The van der Waals surface area contributed by atoms with Gasteiger partial charge in [-0.15, -0.1) is 0 Å². The molecule has 0 aromatic heterocycles. The SMILES string of the molecule is CC(=O)C1=C(C#N)C=CN(C(=O)Oc2ccc(Cl)cc2)C1. The molecule has 0 spiro atoms. The Morgan fingerprint density at radius 1 is 1.33 bits per heavy atom. The molecule has 5 nitrogen and oxygen atoms in total. The van der Waals surface area contributed by atoms with E-state index in [0.29, 0.717) is 10.8 Å². The zero-order chi connectivity index (χ0) is 15.4. The predicted molar refractivity (Wildman–Crippen MR) is 76.6 cm³/mol. The molecule has 0 fully saturated rings. The fourth-order valence-electron chi connectivity index (χ4n) is 1.77. The van der Waals surface area contributed by atoms with Crippen molar-refractivity contribution in [1.29, 1.82) is 5.26 Å². The van der Waals surface area contributed by atoms with Crippen molar-refractivity contribution in [2.45, 2.75) is 6.92 Å². The monoisotopic (exact) mass is 302 g/mol. The third-order valence-corrected chi connectivity index (χ3v) is 3.13. The number of hydrogen-bond donors (Lipinski definition) is 0. The third kappa shape index (κ3) is 3.50. The van der Waals surface area contributed by atoms with Crippen molar-refractivity contribution in [3.05, 3.63) is 52.7 Å². The summed E-state index contributed by atoms with van der Waals surface area (Å²) in [6, 6.07) is 8.27. The summed E-state index contributed by atoms with van der Waals surface area (Å²) < 4.78 is 5.17. The van der Waals surface area contributed by atoms with E-state index in [4.69, 9.17) is 21.6 Å². The Bertz CT molecular complexity index is 684. The molecular formula is C15H11ClN2O3. The maximum atomic E-state index is 12.0. The van der Waals surface area contributed by atoms with Gasteiger partial charge in [0.1, 0.15) is 5.75 Å². The lowest BCUT2D eigenvalue weighted by molar-refractivity contribution is -0.113. The molecule has 1 aliphatic heterocycles. The van der Waals surface area contributed by atoms with Crippen LogP contribution in [0.15, 0.2) is 47.7 Å². The van der Waals surface area contributed by atoms with Crippen molar-refractivity contribution < 1.29 is 14.3 Å².